The van der Waals surface area contributed by atoms with Gasteiger partial charge in [0.2, 0.25) is 0 Å². The highest BCUT2D eigenvalue weighted by molar-refractivity contribution is 5.81. The summed E-state index contributed by atoms with van der Waals surface area (Å²) in [4.78, 5) is 29.1. The lowest BCUT2D eigenvalue weighted by molar-refractivity contribution is 0.135. The Hall–Kier alpha value is -2.13. The molecule has 0 radical (unpaired) electrons. The summed E-state index contributed by atoms with van der Waals surface area (Å²) in [5.74, 6) is 0.258. The van der Waals surface area contributed by atoms with Crippen molar-refractivity contribution in [1.29, 1.82) is 0 Å². The molecule has 2 aromatic heterocycles. The molecule has 174 valence electrons. The summed E-state index contributed by atoms with van der Waals surface area (Å²) in [7, 11) is 0. The van der Waals surface area contributed by atoms with Crippen LogP contribution >= 0.6 is 0 Å². The maximum absolute atomic E-state index is 12.5. The fourth-order valence-electron chi connectivity index (χ4n) is 4.22. The summed E-state index contributed by atoms with van der Waals surface area (Å²) in [5.41, 5.74) is 6.93. The molecule has 0 unspecified atom stereocenters. The molecule has 0 aliphatic carbocycles. The number of nitrogens with two attached hydrogens (primary N) is 1. The van der Waals surface area contributed by atoms with E-state index < -0.39 is 0 Å². The zero-order valence-corrected chi connectivity index (χ0v) is 19.4. The summed E-state index contributed by atoms with van der Waals surface area (Å²) in [6, 6.07) is 0.254. The SMILES string of the molecule is CCC[C@H](CC)Oc1nc(N)c2[nH]c(=O)n(CCCCCN3CCN(CC)CC3)c2n1. The Morgan fingerprint density at radius 2 is 1.74 bits per heavy atom. The number of nitrogens with one attached hydrogen (secondary N) is 1. The molecule has 0 bridgehead atoms. The van der Waals surface area contributed by atoms with Gasteiger partial charge < -0.3 is 25.3 Å². The Morgan fingerprint density at radius 1 is 1.03 bits per heavy atom. The van der Waals surface area contributed by atoms with E-state index in [0.29, 0.717) is 17.7 Å². The van der Waals surface area contributed by atoms with Crippen molar-refractivity contribution in [2.24, 2.45) is 0 Å². The molecule has 0 spiro atoms. The molecular formula is C22H39N7O2. The van der Waals surface area contributed by atoms with Crippen LogP contribution in [-0.4, -0.2) is 74.7 Å². The number of likely N-dealkylation sites (N-methyl/N-ethyl adjacent to an activating group) is 1. The molecule has 2 aromatic rings. The third-order valence-electron chi connectivity index (χ3n) is 6.24. The standard InChI is InChI=1S/C22H39N7O2/c1-4-10-17(5-2)31-21-25-19(23)18-20(26-21)29(22(30)24-18)12-9-7-8-11-28-15-13-27(6-3)14-16-28/h17H,4-16H2,1-3H3,(H,24,30)(H2,23,25,26)/t17-/m0/s1. The lowest BCUT2D eigenvalue weighted by Gasteiger charge is -2.33. The highest BCUT2D eigenvalue weighted by Gasteiger charge is 2.17. The molecule has 1 aliphatic heterocycles. The molecule has 1 saturated heterocycles. The van der Waals surface area contributed by atoms with Crippen LogP contribution in [0.2, 0.25) is 0 Å². The van der Waals surface area contributed by atoms with Crippen molar-refractivity contribution in [2.75, 3.05) is 45.0 Å². The molecular weight excluding hydrogens is 394 g/mol. The number of nitrogen functional groups attached to an aromatic ring is 1. The van der Waals surface area contributed by atoms with E-state index in [1.165, 1.54) is 13.1 Å². The molecule has 0 amide bonds. The van der Waals surface area contributed by atoms with Crippen LogP contribution < -0.4 is 16.2 Å². The van der Waals surface area contributed by atoms with Crippen molar-refractivity contribution in [2.45, 2.75) is 71.9 Å². The molecule has 1 fully saturated rings. The van der Waals surface area contributed by atoms with Gasteiger partial charge in [0.15, 0.2) is 11.5 Å². The van der Waals surface area contributed by atoms with Crippen LogP contribution in [0.25, 0.3) is 11.2 Å². The number of aromatic nitrogens is 4. The summed E-state index contributed by atoms with van der Waals surface area (Å²) in [5, 5.41) is 0. The predicted octanol–water partition coefficient (Wildman–Crippen LogP) is 2.47. The molecule has 3 heterocycles. The first-order chi connectivity index (χ1) is 15.0. The minimum absolute atomic E-state index is 0.0557. The van der Waals surface area contributed by atoms with Crippen LogP contribution in [0.1, 0.15) is 59.3 Å². The van der Waals surface area contributed by atoms with Gasteiger partial charge in [0.25, 0.3) is 0 Å². The number of aryl methyl sites for hydroxylation is 1. The zero-order valence-electron chi connectivity index (χ0n) is 19.4. The zero-order chi connectivity index (χ0) is 22.2. The van der Waals surface area contributed by atoms with Gasteiger partial charge in [0.05, 0.1) is 0 Å². The van der Waals surface area contributed by atoms with E-state index in [1.807, 2.05) is 0 Å². The number of hydrogen-bond donors (Lipinski definition) is 2. The minimum atomic E-state index is -0.190. The third-order valence-corrected chi connectivity index (χ3v) is 6.24. The van der Waals surface area contributed by atoms with Gasteiger partial charge in [-0.25, -0.2) is 4.79 Å². The second-order valence-electron chi connectivity index (χ2n) is 8.45. The number of piperazine rings is 1. The number of unbranched alkanes of at least 4 members (excludes halogenated alkanes) is 2. The number of hydrogen-bond acceptors (Lipinski definition) is 7. The minimum Gasteiger partial charge on any atom is -0.460 e. The van der Waals surface area contributed by atoms with Gasteiger partial charge in [-0.05, 0) is 38.8 Å². The van der Waals surface area contributed by atoms with Crippen molar-refractivity contribution in [3.63, 3.8) is 0 Å². The summed E-state index contributed by atoms with van der Waals surface area (Å²) in [6.07, 6.45) is 6.04. The van der Waals surface area contributed by atoms with Gasteiger partial charge in [-0.3, -0.25) is 4.57 Å². The Labute approximate surface area is 185 Å². The van der Waals surface area contributed by atoms with Gasteiger partial charge in [-0.1, -0.05) is 33.6 Å². The first-order valence-electron chi connectivity index (χ1n) is 11.9. The molecule has 0 aromatic carbocycles. The van der Waals surface area contributed by atoms with Gasteiger partial charge in [-0.2, -0.15) is 9.97 Å². The highest BCUT2D eigenvalue weighted by Crippen LogP contribution is 2.20. The second kappa shape index (κ2) is 11.5. The Kier molecular flexibility index (Phi) is 8.71. The normalized spacial score (nSPS) is 16.7. The Balaban J connectivity index is 1.56. The molecule has 0 saturated carbocycles. The summed E-state index contributed by atoms with van der Waals surface area (Å²) >= 11 is 0. The van der Waals surface area contributed by atoms with Crippen molar-refractivity contribution < 1.29 is 4.74 Å². The van der Waals surface area contributed by atoms with Crippen LogP contribution in [0.5, 0.6) is 6.01 Å². The van der Waals surface area contributed by atoms with E-state index in [4.69, 9.17) is 10.5 Å². The van der Waals surface area contributed by atoms with Gasteiger partial charge in [0, 0.05) is 32.7 Å². The second-order valence-corrected chi connectivity index (χ2v) is 8.45. The van der Waals surface area contributed by atoms with Gasteiger partial charge >= 0.3 is 11.7 Å². The van der Waals surface area contributed by atoms with Crippen molar-refractivity contribution in [3.8, 4) is 6.01 Å². The number of H-pyrrole nitrogens is 1. The van der Waals surface area contributed by atoms with Crippen molar-refractivity contribution >= 4 is 17.0 Å². The first kappa shape index (κ1) is 23.5. The number of imidazole rings is 1. The Morgan fingerprint density at radius 3 is 2.42 bits per heavy atom. The van der Waals surface area contributed by atoms with Crippen LogP contribution in [0.3, 0.4) is 0 Å². The van der Waals surface area contributed by atoms with E-state index in [9.17, 15) is 4.79 Å². The maximum Gasteiger partial charge on any atom is 0.327 e. The van der Waals surface area contributed by atoms with Crippen molar-refractivity contribution in [1.82, 2.24) is 29.3 Å². The highest BCUT2D eigenvalue weighted by atomic mass is 16.5. The van der Waals surface area contributed by atoms with Crippen LogP contribution in [0.15, 0.2) is 4.79 Å². The first-order valence-corrected chi connectivity index (χ1v) is 11.9. The lowest BCUT2D eigenvalue weighted by atomic mass is 10.2. The van der Waals surface area contributed by atoms with E-state index in [-0.39, 0.29) is 23.6 Å². The van der Waals surface area contributed by atoms with E-state index in [0.717, 1.165) is 64.7 Å². The van der Waals surface area contributed by atoms with Crippen molar-refractivity contribution in [3.05, 3.63) is 10.5 Å². The van der Waals surface area contributed by atoms with E-state index in [1.54, 1.807) is 4.57 Å². The fourth-order valence-corrected chi connectivity index (χ4v) is 4.22. The smallest absolute Gasteiger partial charge is 0.327 e. The Bertz CT molecular complexity index is 871. The monoisotopic (exact) mass is 433 g/mol. The molecule has 31 heavy (non-hydrogen) atoms. The lowest BCUT2D eigenvalue weighted by Crippen LogP contribution is -2.46. The predicted molar refractivity (Wildman–Crippen MR) is 125 cm³/mol. The number of nitrogens with zero attached hydrogens (tertiary/aromatic N) is 5. The largest absolute Gasteiger partial charge is 0.460 e. The number of fused-ring (bicyclic) bond motifs is 1. The number of rotatable bonds is 12. The summed E-state index contributed by atoms with van der Waals surface area (Å²) < 4.78 is 7.61. The van der Waals surface area contributed by atoms with Crippen LogP contribution in [-0.2, 0) is 6.54 Å². The average Bonchev–Trinajstić information content (AvgIpc) is 3.09. The quantitative estimate of drug-likeness (QED) is 0.495. The molecule has 1 atom stereocenters. The van der Waals surface area contributed by atoms with Gasteiger partial charge in [-0.15, -0.1) is 0 Å². The summed E-state index contributed by atoms with van der Waals surface area (Å²) in [6.45, 7) is 14.0. The third kappa shape index (κ3) is 6.20. The average molecular weight is 434 g/mol. The molecule has 3 rings (SSSR count). The van der Waals surface area contributed by atoms with Crippen LogP contribution in [0.4, 0.5) is 5.82 Å². The van der Waals surface area contributed by atoms with E-state index >= 15 is 0 Å². The number of ether oxygens (including phenoxy) is 1. The fraction of sp³-hybridized carbons (Fsp3) is 0.773. The topological polar surface area (TPSA) is 105 Å². The number of aromatic amines is 1. The molecule has 9 nitrogen and oxygen atoms in total. The van der Waals surface area contributed by atoms with Crippen LogP contribution in [0, 0.1) is 0 Å². The molecule has 3 N–H and O–H groups in total. The van der Waals surface area contributed by atoms with Gasteiger partial charge in [0.1, 0.15) is 11.6 Å². The molecule has 1 aliphatic rings. The number of anilines is 1. The molecule has 9 heteroatoms. The van der Waals surface area contributed by atoms with E-state index in [2.05, 4.69) is 45.5 Å². The maximum atomic E-state index is 12.5.